The van der Waals surface area contributed by atoms with E-state index in [0.717, 1.165) is 69.8 Å². The first kappa shape index (κ1) is 29.8. The molecule has 34 heavy (non-hydrogen) atoms. The van der Waals surface area contributed by atoms with E-state index in [0.29, 0.717) is 0 Å². The van der Waals surface area contributed by atoms with E-state index in [1.165, 1.54) is 6.21 Å². The van der Waals surface area contributed by atoms with Crippen molar-refractivity contribution in [3.8, 4) is 6.07 Å². The Bertz CT molecular complexity index is 1180. The molecule has 4 nitrogen and oxygen atoms in total. The zero-order valence-electron chi connectivity index (χ0n) is 20.0. The number of hydrogen-bond donors (Lipinski definition) is 1. The SMILES string of the molecule is Cc1cc(/C=N/O)cc(C)c1Br.Cc1cc(C#N)cc(C)c1Br.Cc1cc(C=O)cc(C)c1Br. The van der Waals surface area contributed by atoms with Gasteiger partial charge in [-0.1, -0.05) is 52.9 Å². The molecule has 0 aliphatic carbocycles. The number of benzene rings is 3. The number of carbonyl (C=O) groups is 1. The highest BCUT2D eigenvalue weighted by Crippen LogP contribution is 2.23. The summed E-state index contributed by atoms with van der Waals surface area (Å²) in [6.45, 7) is 11.9. The molecule has 0 amide bonds. The van der Waals surface area contributed by atoms with Gasteiger partial charge in [-0.2, -0.15) is 5.26 Å². The highest BCUT2D eigenvalue weighted by Gasteiger charge is 2.02. The number of halogens is 3. The van der Waals surface area contributed by atoms with Crippen LogP contribution in [0.4, 0.5) is 0 Å². The maximum Gasteiger partial charge on any atom is 0.150 e. The van der Waals surface area contributed by atoms with Crippen LogP contribution in [-0.4, -0.2) is 17.7 Å². The molecule has 0 radical (unpaired) electrons. The molecule has 3 rings (SSSR count). The number of hydrogen-bond acceptors (Lipinski definition) is 4. The molecule has 178 valence electrons. The van der Waals surface area contributed by atoms with Crippen molar-refractivity contribution in [2.24, 2.45) is 5.16 Å². The van der Waals surface area contributed by atoms with Gasteiger partial charge in [-0.3, -0.25) is 4.79 Å². The summed E-state index contributed by atoms with van der Waals surface area (Å²) >= 11 is 10.3. The van der Waals surface area contributed by atoms with Crippen LogP contribution in [0.15, 0.2) is 55.0 Å². The largest absolute Gasteiger partial charge is 0.411 e. The molecule has 0 aliphatic heterocycles. The Labute approximate surface area is 227 Å². The van der Waals surface area contributed by atoms with Crippen molar-refractivity contribution in [2.75, 3.05) is 0 Å². The van der Waals surface area contributed by atoms with Gasteiger partial charge in [0.15, 0.2) is 0 Å². The van der Waals surface area contributed by atoms with Crippen LogP contribution in [0.1, 0.15) is 54.9 Å². The third-order valence-electron chi connectivity index (χ3n) is 4.83. The summed E-state index contributed by atoms with van der Waals surface area (Å²) in [6, 6.07) is 13.5. The average Bonchev–Trinajstić information content (AvgIpc) is 2.79. The standard InChI is InChI=1S/C9H10BrNO.C9H8BrN.C9H9BrO/c1-6-3-8(5-11-12)4-7(2)9(6)10;2*1-6-3-8(5-11)4-7(2)9(6)10/h3-5,12H,1-2H3;3-4H,1-2H3;3-5H,1-2H3/b11-5+;;. The fraction of sp³-hybridized carbons (Fsp3) is 0.222. The fourth-order valence-electron chi connectivity index (χ4n) is 3.18. The fourth-order valence-corrected chi connectivity index (χ4v) is 3.87. The molecule has 0 saturated carbocycles. The van der Waals surface area contributed by atoms with Gasteiger partial charge in [-0.15, -0.1) is 0 Å². The number of rotatable bonds is 2. The predicted molar refractivity (Wildman–Crippen MR) is 150 cm³/mol. The second-order valence-corrected chi connectivity index (χ2v) is 10.2. The Morgan fingerprint density at radius 1 is 0.706 bits per heavy atom. The van der Waals surface area contributed by atoms with Gasteiger partial charge in [0, 0.05) is 19.0 Å². The van der Waals surface area contributed by atoms with E-state index in [2.05, 4.69) is 59.0 Å². The Hall–Kier alpha value is -2.27. The number of nitriles is 1. The summed E-state index contributed by atoms with van der Waals surface area (Å²) in [6.07, 6.45) is 2.29. The lowest BCUT2D eigenvalue weighted by molar-refractivity contribution is 0.112. The van der Waals surface area contributed by atoms with Crippen LogP contribution in [0.3, 0.4) is 0 Å². The highest BCUT2D eigenvalue weighted by atomic mass is 79.9. The van der Waals surface area contributed by atoms with Gasteiger partial charge >= 0.3 is 0 Å². The summed E-state index contributed by atoms with van der Waals surface area (Å²) in [5.74, 6) is 0. The molecule has 3 aromatic rings. The van der Waals surface area contributed by atoms with Gasteiger partial charge in [-0.05, 0) is 117 Å². The molecule has 0 unspecified atom stereocenters. The summed E-state index contributed by atoms with van der Waals surface area (Å²) < 4.78 is 3.29. The first-order valence-corrected chi connectivity index (χ1v) is 12.7. The number of nitrogens with zero attached hydrogens (tertiary/aromatic N) is 2. The number of oxime groups is 1. The normalized spacial score (nSPS) is 10.0. The molecular weight excluding hydrogens is 624 g/mol. The van der Waals surface area contributed by atoms with Gasteiger partial charge in [0.2, 0.25) is 0 Å². The summed E-state index contributed by atoms with van der Waals surface area (Å²) in [5, 5.41) is 19.9. The van der Waals surface area contributed by atoms with Crippen molar-refractivity contribution in [1.82, 2.24) is 0 Å². The van der Waals surface area contributed by atoms with Crippen LogP contribution in [0.2, 0.25) is 0 Å². The molecule has 0 bridgehead atoms. The molecule has 0 aromatic heterocycles. The van der Waals surface area contributed by atoms with Crippen molar-refractivity contribution in [1.29, 1.82) is 5.26 Å². The van der Waals surface area contributed by atoms with E-state index in [-0.39, 0.29) is 0 Å². The van der Waals surface area contributed by atoms with Crippen LogP contribution in [-0.2, 0) is 0 Å². The van der Waals surface area contributed by atoms with Crippen molar-refractivity contribution >= 4 is 60.3 Å². The molecule has 0 heterocycles. The Balaban J connectivity index is 0.000000255. The lowest BCUT2D eigenvalue weighted by Gasteiger charge is -2.03. The van der Waals surface area contributed by atoms with Gasteiger partial charge < -0.3 is 5.21 Å². The molecule has 0 atom stereocenters. The minimum absolute atomic E-state index is 0.725. The van der Waals surface area contributed by atoms with Gasteiger partial charge in [0.1, 0.15) is 6.29 Å². The lowest BCUT2D eigenvalue weighted by atomic mass is 10.1. The summed E-state index contributed by atoms with van der Waals surface area (Å²) in [5.41, 5.74) is 9.10. The molecule has 0 spiro atoms. The van der Waals surface area contributed by atoms with Crippen LogP contribution >= 0.6 is 47.8 Å². The van der Waals surface area contributed by atoms with Crippen molar-refractivity contribution in [3.63, 3.8) is 0 Å². The molecule has 3 aromatic carbocycles. The monoisotopic (exact) mass is 648 g/mol. The van der Waals surface area contributed by atoms with E-state index >= 15 is 0 Å². The second-order valence-electron chi connectivity index (χ2n) is 7.84. The third kappa shape index (κ3) is 8.83. The van der Waals surface area contributed by atoms with Crippen LogP contribution in [0.25, 0.3) is 0 Å². The van der Waals surface area contributed by atoms with Crippen LogP contribution in [0, 0.1) is 52.9 Å². The Morgan fingerprint density at radius 2 is 1.03 bits per heavy atom. The van der Waals surface area contributed by atoms with Crippen LogP contribution < -0.4 is 0 Å². The van der Waals surface area contributed by atoms with E-state index in [9.17, 15) is 4.79 Å². The Morgan fingerprint density at radius 3 is 1.32 bits per heavy atom. The number of carbonyl (C=O) groups excluding carboxylic acids is 1. The first-order chi connectivity index (χ1) is 15.9. The lowest BCUT2D eigenvalue weighted by Crippen LogP contribution is -1.87. The van der Waals surface area contributed by atoms with Crippen molar-refractivity contribution < 1.29 is 10.0 Å². The zero-order chi connectivity index (χ0) is 26.0. The predicted octanol–water partition coefficient (Wildman–Crippen LogP) is 8.69. The first-order valence-electron chi connectivity index (χ1n) is 10.3. The number of aldehydes is 1. The molecule has 0 fully saturated rings. The molecule has 7 heteroatoms. The molecule has 0 aliphatic rings. The van der Waals surface area contributed by atoms with Crippen molar-refractivity contribution in [3.05, 3.63) is 99.9 Å². The van der Waals surface area contributed by atoms with Crippen LogP contribution in [0.5, 0.6) is 0 Å². The van der Waals surface area contributed by atoms with Crippen molar-refractivity contribution in [2.45, 2.75) is 41.5 Å². The highest BCUT2D eigenvalue weighted by molar-refractivity contribution is 9.11. The Kier molecular flexibility index (Phi) is 12.4. The summed E-state index contributed by atoms with van der Waals surface area (Å²) in [4.78, 5) is 10.4. The third-order valence-corrected chi connectivity index (χ3v) is 8.58. The average molecular weight is 651 g/mol. The molecular formula is C27H27Br3N2O2. The van der Waals surface area contributed by atoms with Gasteiger partial charge in [0.05, 0.1) is 17.8 Å². The van der Waals surface area contributed by atoms with E-state index < -0.39 is 0 Å². The maximum atomic E-state index is 10.4. The smallest absolute Gasteiger partial charge is 0.150 e. The van der Waals surface area contributed by atoms with E-state index in [1.54, 1.807) is 0 Å². The zero-order valence-corrected chi connectivity index (χ0v) is 24.8. The number of aryl methyl sites for hydroxylation is 6. The summed E-state index contributed by atoms with van der Waals surface area (Å²) in [7, 11) is 0. The minimum Gasteiger partial charge on any atom is -0.411 e. The molecule has 0 saturated heterocycles. The topological polar surface area (TPSA) is 73.5 Å². The van der Waals surface area contributed by atoms with E-state index in [4.69, 9.17) is 10.5 Å². The second kappa shape index (κ2) is 14.2. The van der Waals surface area contributed by atoms with Gasteiger partial charge in [-0.25, -0.2) is 0 Å². The minimum atomic E-state index is 0.725. The quantitative estimate of drug-likeness (QED) is 0.131. The maximum absolute atomic E-state index is 10.4. The molecule has 1 N–H and O–H groups in total. The van der Waals surface area contributed by atoms with Gasteiger partial charge in [0.25, 0.3) is 0 Å². The van der Waals surface area contributed by atoms with E-state index in [1.807, 2.05) is 77.9 Å².